The molecule has 0 saturated carbocycles. The third kappa shape index (κ3) is 9.56. The van der Waals surface area contributed by atoms with Gasteiger partial charge in [-0.2, -0.15) is 26.3 Å². The molecule has 0 unspecified atom stereocenters. The summed E-state index contributed by atoms with van der Waals surface area (Å²) in [6.07, 6.45) is -9.44. The molecule has 1 aromatic rings. The summed E-state index contributed by atoms with van der Waals surface area (Å²) in [7, 11) is 0. The summed E-state index contributed by atoms with van der Waals surface area (Å²) in [5, 5.41) is 5.05. The number of hydrogen-bond acceptors (Lipinski definition) is 3. The molecule has 186 valence electrons. The van der Waals surface area contributed by atoms with Crippen molar-refractivity contribution in [3.05, 3.63) is 34.9 Å². The van der Waals surface area contributed by atoms with Gasteiger partial charge in [-0.25, -0.2) is 4.39 Å². The number of alkyl halides is 7. The smallest absolute Gasteiger partial charge is 0.355 e. The molecule has 0 bridgehead atoms. The highest BCUT2D eigenvalue weighted by atomic mass is 19.4. The van der Waals surface area contributed by atoms with Gasteiger partial charge in [0.2, 0.25) is 5.91 Å². The lowest BCUT2D eigenvalue weighted by atomic mass is 9.96. The number of nitrogens with zero attached hydrogens (tertiary/aromatic N) is 1. The monoisotopic (exact) mass is 485 g/mol. The fourth-order valence-electron chi connectivity index (χ4n) is 3.51. The minimum atomic E-state index is -4.69. The maximum Gasteiger partial charge on any atom is 0.416 e. The molecule has 2 rings (SSSR count). The molecular weight excluding hydrogens is 459 g/mol. The van der Waals surface area contributed by atoms with Crippen molar-refractivity contribution in [3.63, 3.8) is 0 Å². The Hall–Kier alpha value is -2.37. The van der Waals surface area contributed by atoms with Gasteiger partial charge in [0.1, 0.15) is 6.67 Å². The highest BCUT2D eigenvalue weighted by Crippen LogP contribution is 2.31. The minimum absolute atomic E-state index is 0.0954. The van der Waals surface area contributed by atoms with Crippen LogP contribution < -0.4 is 10.6 Å². The van der Waals surface area contributed by atoms with Gasteiger partial charge in [0.25, 0.3) is 5.91 Å². The van der Waals surface area contributed by atoms with E-state index < -0.39 is 49.2 Å². The standard InChI is InChI=1S/C21H26F7N3O2/c22-12-15-9-16(11-17(10-15)21(26,27)28)19(33)30-13-14-2-6-31(7-3-14)8-5-29-18(32)1-4-20(23,24)25/h9-11,14H,1-8,12-13H2,(H,29,32)(H,30,33). The largest absolute Gasteiger partial charge is 0.416 e. The van der Waals surface area contributed by atoms with Crippen LogP contribution in [0.5, 0.6) is 0 Å². The highest BCUT2D eigenvalue weighted by molar-refractivity contribution is 5.94. The molecule has 33 heavy (non-hydrogen) atoms. The second-order valence-corrected chi connectivity index (χ2v) is 8.01. The summed E-state index contributed by atoms with van der Waals surface area (Å²) in [6, 6.07) is 2.46. The average Bonchev–Trinajstić information content (AvgIpc) is 2.75. The van der Waals surface area contributed by atoms with Crippen LogP contribution in [0.25, 0.3) is 0 Å². The van der Waals surface area contributed by atoms with Crippen molar-refractivity contribution in [3.8, 4) is 0 Å². The summed E-state index contributed by atoms with van der Waals surface area (Å²) in [5.74, 6) is -1.27. The zero-order chi connectivity index (χ0) is 24.6. The molecule has 5 nitrogen and oxygen atoms in total. The first-order chi connectivity index (χ1) is 15.4. The van der Waals surface area contributed by atoms with Gasteiger partial charge in [-0.05, 0) is 55.6 Å². The maximum atomic E-state index is 13.0. The molecule has 0 atom stereocenters. The summed E-state index contributed by atoms with van der Waals surface area (Å²) in [5.41, 5.74) is -1.56. The normalized spacial score (nSPS) is 16.0. The molecule has 0 aliphatic carbocycles. The van der Waals surface area contributed by atoms with Crippen molar-refractivity contribution in [1.82, 2.24) is 15.5 Å². The Morgan fingerprint density at radius 3 is 2.24 bits per heavy atom. The van der Waals surface area contributed by atoms with Crippen LogP contribution >= 0.6 is 0 Å². The topological polar surface area (TPSA) is 61.4 Å². The Morgan fingerprint density at radius 2 is 1.67 bits per heavy atom. The van der Waals surface area contributed by atoms with E-state index in [-0.39, 0.29) is 30.1 Å². The zero-order valence-corrected chi connectivity index (χ0v) is 17.8. The van der Waals surface area contributed by atoms with Gasteiger partial charge in [-0.3, -0.25) is 9.59 Å². The van der Waals surface area contributed by atoms with E-state index in [2.05, 4.69) is 10.6 Å². The van der Waals surface area contributed by atoms with E-state index in [0.717, 1.165) is 6.07 Å². The highest BCUT2D eigenvalue weighted by Gasteiger charge is 2.32. The van der Waals surface area contributed by atoms with Gasteiger partial charge in [-0.15, -0.1) is 0 Å². The number of likely N-dealkylation sites (tertiary alicyclic amines) is 1. The second-order valence-electron chi connectivity index (χ2n) is 8.01. The van der Waals surface area contributed by atoms with E-state index in [1.807, 2.05) is 4.90 Å². The predicted molar refractivity (Wildman–Crippen MR) is 106 cm³/mol. The molecule has 1 aliphatic heterocycles. The van der Waals surface area contributed by atoms with Crippen LogP contribution in [0.2, 0.25) is 0 Å². The molecule has 0 radical (unpaired) electrons. The molecule has 2 N–H and O–H groups in total. The molecule has 2 amide bonds. The molecule has 1 fully saturated rings. The molecule has 0 aromatic heterocycles. The van der Waals surface area contributed by atoms with Gasteiger partial charge in [0.15, 0.2) is 0 Å². The van der Waals surface area contributed by atoms with Crippen molar-refractivity contribution >= 4 is 11.8 Å². The number of piperidine rings is 1. The quantitative estimate of drug-likeness (QED) is 0.519. The van der Waals surface area contributed by atoms with Crippen LogP contribution in [0, 0.1) is 5.92 Å². The van der Waals surface area contributed by atoms with Crippen LogP contribution in [-0.2, 0) is 17.6 Å². The van der Waals surface area contributed by atoms with E-state index in [1.165, 1.54) is 0 Å². The Balaban J connectivity index is 1.72. The Bertz CT molecular complexity index is 804. The van der Waals surface area contributed by atoms with Gasteiger partial charge in [0.05, 0.1) is 12.0 Å². The van der Waals surface area contributed by atoms with E-state index in [0.29, 0.717) is 44.6 Å². The average molecular weight is 485 g/mol. The first-order valence-electron chi connectivity index (χ1n) is 10.5. The van der Waals surface area contributed by atoms with E-state index in [4.69, 9.17) is 0 Å². The first-order valence-corrected chi connectivity index (χ1v) is 10.5. The van der Waals surface area contributed by atoms with Gasteiger partial charge in [0, 0.05) is 31.6 Å². The summed E-state index contributed by atoms with van der Waals surface area (Å²) < 4.78 is 88.1. The Kier molecular flexibility index (Phi) is 9.50. The number of carbonyl (C=O) groups excluding carboxylic acids is 2. The molecule has 1 aromatic carbocycles. The van der Waals surface area contributed by atoms with E-state index in [9.17, 15) is 40.3 Å². The summed E-state index contributed by atoms with van der Waals surface area (Å²) in [4.78, 5) is 25.7. The molecule has 1 saturated heterocycles. The van der Waals surface area contributed by atoms with Crippen LogP contribution in [0.3, 0.4) is 0 Å². The zero-order valence-electron chi connectivity index (χ0n) is 17.8. The number of rotatable bonds is 9. The molecule has 0 spiro atoms. The predicted octanol–water partition coefficient (Wildman–Crippen LogP) is 4.08. The molecule has 1 heterocycles. The number of hydrogen-bond donors (Lipinski definition) is 2. The molecular formula is C21H26F7N3O2. The first kappa shape index (κ1) is 26.9. The lowest BCUT2D eigenvalue weighted by molar-refractivity contribution is -0.144. The maximum absolute atomic E-state index is 13.0. The van der Waals surface area contributed by atoms with Crippen LogP contribution in [-0.4, -0.2) is 55.6 Å². The van der Waals surface area contributed by atoms with Crippen LogP contribution in [0.4, 0.5) is 30.7 Å². The number of benzene rings is 1. The van der Waals surface area contributed by atoms with Gasteiger partial charge in [-0.1, -0.05) is 0 Å². The third-order valence-corrected chi connectivity index (χ3v) is 5.38. The van der Waals surface area contributed by atoms with Crippen LogP contribution in [0.1, 0.15) is 47.2 Å². The number of amides is 2. The lowest BCUT2D eigenvalue weighted by Crippen LogP contribution is -2.42. The molecule has 12 heteroatoms. The van der Waals surface area contributed by atoms with E-state index >= 15 is 0 Å². The minimum Gasteiger partial charge on any atom is -0.355 e. The van der Waals surface area contributed by atoms with E-state index in [1.54, 1.807) is 0 Å². The van der Waals surface area contributed by atoms with Gasteiger partial charge < -0.3 is 15.5 Å². The molecule has 1 aliphatic rings. The lowest BCUT2D eigenvalue weighted by Gasteiger charge is -2.32. The summed E-state index contributed by atoms with van der Waals surface area (Å²) >= 11 is 0. The van der Waals surface area contributed by atoms with Crippen molar-refractivity contribution in [2.45, 2.75) is 44.7 Å². The fourth-order valence-corrected chi connectivity index (χ4v) is 3.51. The van der Waals surface area contributed by atoms with Crippen molar-refractivity contribution in [2.75, 3.05) is 32.7 Å². The number of halogens is 7. The van der Waals surface area contributed by atoms with Crippen molar-refractivity contribution < 1.29 is 40.3 Å². The second kappa shape index (κ2) is 11.7. The third-order valence-electron chi connectivity index (χ3n) is 5.38. The van der Waals surface area contributed by atoms with Crippen molar-refractivity contribution in [1.29, 1.82) is 0 Å². The number of carbonyl (C=O) groups is 2. The summed E-state index contributed by atoms with van der Waals surface area (Å²) in [6.45, 7) is 1.13. The Labute approximate surface area is 186 Å². The fraction of sp³-hybridized carbons (Fsp3) is 0.619. The number of nitrogens with one attached hydrogen (secondary N) is 2. The van der Waals surface area contributed by atoms with Gasteiger partial charge >= 0.3 is 12.4 Å². The van der Waals surface area contributed by atoms with Crippen molar-refractivity contribution in [2.24, 2.45) is 5.92 Å². The van der Waals surface area contributed by atoms with Crippen LogP contribution in [0.15, 0.2) is 18.2 Å². The SMILES string of the molecule is O=C(CCC(F)(F)F)NCCN1CCC(CNC(=O)c2cc(CF)cc(C(F)(F)F)c2)CC1. The Morgan fingerprint density at radius 1 is 1.00 bits per heavy atom.